The summed E-state index contributed by atoms with van der Waals surface area (Å²) < 4.78 is 0. The van der Waals surface area contributed by atoms with Gasteiger partial charge in [0.2, 0.25) is 5.91 Å². The molecule has 0 unspecified atom stereocenters. The van der Waals surface area contributed by atoms with Crippen LogP contribution in [0.4, 0.5) is 0 Å². The van der Waals surface area contributed by atoms with Crippen molar-refractivity contribution < 1.29 is 9.90 Å². The van der Waals surface area contributed by atoms with Gasteiger partial charge in [0.25, 0.3) is 0 Å². The number of nitrogens with one attached hydrogen (secondary N) is 2. The molecule has 0 aliphatic heterocycles. The fourth-order valence-electron chi connectivity index (χ4n) is 4.70. The second-order valence-electron chi connectivity index (χ2n) is 9.43. The third kappa shape index (κ3) is 9.65. The lowest BCUT2D eigenvalue weighted by Gasteiger charge is -2.21. The van der Waals surface area contributed by atoms with Crippen LogP contribution in [-0.4, -0.2) is 28.6 Å². The highest BCUT2D eigenvalue weighted by atomic mass is 16.3. The van der Waals surface area contributed by atoms with Gasteiger partial charge in [0.05, 0.1) is 12.3 Å². The summed E-state index contributed by atoms with van der Waals surface area (Å²) in [4.78, 5) is 16.6. The highest BCUT2D eigenvalue weighted by Gasteiger charge is 2.16. The van der Waals surface area contributed by atoms with Gasteiger partial charge in [0.15, 0.2) is 0 Å². The molecule has 0 radical (unpaired) electrons. The van der Waals surface area contributed by atoms with Crippen molar-refractivity contribution in [1.82, 2.24) is 15.6 Å². The van der Waals surface area contributed by atoms with Gasteiger partial charge in [-0.2, -0.15) is 0 Å². The number of pyridine rings is 1. The maximum atomic E-state index is 12.4. The molecule has 3 rings (SSSR count). The number of aryl methyl sites for hydroxylation is 1. The van der Waals surface area contributed by atoms with Crippen LogP contribution in [0.1, 0.15) is 81.0 Å². The van der Waals surface area contributed by atoms with Crippen LogP contribution in [0.15, 0.2) is 48.7 Å². The number of aliphatic hydroxyl groups excluding tert-OH is 1. The van der Waals surface area contributed by atoms with Gasteiger partial charge in [-0.1, -0.05) is 88.1 Å². The van der Waals surface area contributed by atoms with E-state index in [-0.39, 0.29) is 12.5 Å². The summed E-state index contributed by atoms with van der Waals surface area (Å²) in [5.41, 5.74) is 3.27. The zero-order chi connectivity index (χ0) is 23.1. The van der Waals surface area contributed by atoms with E-state index in [1.807, 2.05) is 18.2 Å². The Morgan fingerprint density at radius 3 is 2.42 bits per heavy atom. The van der Waals surface area contributed by atoms with Crippen LogP contribution < -0.4 is 10.6 Å². The minimum Gasteiger partial charge on any atom is -0.394 e. The predicted octanol–water partition coefficient (Wildman–Crippen LogP) is 4.92. The molecule has 1 saturated carbocycles. The molecule has 2 aromatic rings. The van der Waals surface area contributed by atoms with Crippen LogP contribution in [0.3, 0.4) is 0 Å². The van der Waals surface area contributed by atoms with Gasteiger partial charge in [-0.3, -0.25) is 15.1 Å². The van der Waals surface area contributed by atoms with Gasteiger partial charge in [-0.15, -0.1) is 0 Å². The van der Waals surface area contributed by atoms with Crippen molar-refractivity contribution in [3.8, 4) is 0 Å². The zero-order valence-corrected chi connectivity index (χ0v) is 20.0. The summed E-state index contributed by atoms with van der Waals surface area (Å²) in [5, 5.41) is 15.5. The monoisotopic (exact) mass is 451 g/mol. The molecule has 1 aliphatic carbocycles. The van der Waals surface area contributed by atoms with Gasteiger partial charge < -0.3 is 10.4 Å². The first-order valence-electron chi connectivity index (χ1n) is 12.8. The topological polar surface area (TPSA) is 74.2 Å². The largest absolute Gasteiger partial charge is 0.394 e. The first kappa shape index (κ1) is 25.4. The van der Waals surface area contributed by atoms with Crippen molar-refractivity contribution in [1.29, 1.82) is 0 Å². The Morgan fingerprint density at radius 1 is 0.939 bits per heavy atom. The van der Waals surface area contributed by atoms with E-state index in [1.165, 1.54) is 69.8 Å². The highest BCUT2D eigenvalue weighted by molar-refractivity contribution is 5.81. The molecule has 0 saturated heterocycles. The van der Waals surface area contributed by atoms with Gasteiger partial charge in [-0.25, -0.2) is 0 Å². The van der Waals surface area contributed by atoms with Crippen molar-refractivity contribution in [2.24, 2.45) is 5.92 Å². The molecule has 1 fully saturated rings. The minimum atomic E-state index is -0.649. The molecule has 3 N–H and O–H groups in total. The molecule has 1 amide bonds. The molecule has 0 spiro atoms. The van der Waals surface area contributed by atoms with E-state index in [0.717, 1.165) is 23.6 Å². The molecule has 1 aliphatic rings. The molecule has 5 nitrogen and oxygen atoms in total. The third-order valence-corrected chi connectivity index (χ3v) is 6.80. The molecular weight excluding hydrogens is 410 g/mol. The van der Waals surface area contributed by atoms with E-state index in [9.17, 15) is 9.90 Å². The average molecular weight is 452 g/mol. The van der Waals surface area contributed by atoms with Gasteiger partial charge in [0.1, 0.15) is 6.04 Å². The van der Waals surface area contributed by atoms with Crippen LogP contribution in [0, 0.1) is 5.92 Å². The zero-order valence-electron chi connectivity index (χ0n) is 20.0. The molecule has 1 aromatic heterocycles. The molecule has 1 atom stereocenters. The van der Waals surface area contributed by atoms with Crippen molar-refractivity contribution in [2.75, 3.05) is 6.61 Å². The summed E-state index contributed by atoms with van der Waals surface area (Å²) in [5.74, 6) is 0.807. The quantitative estimate of drug-likeness (QED) is 0.356. The number of carbonyl (C=O) groups excluding carboxylic acids is 1. The number of aliphatic hydroxyl groups is 1. The second kappa shape index (κ2) is 14.8. The van der Waals surface area contributed by atoms with E-state index >= 15 is 0 Å². The Kier molecular flexibility index (Phi) is 11.4. The normalized spacial score (nSPS) is 15.3. The maximum absolute atomic E-state index is 12.4. The van der Waals surface area contributed by atoms with Crippen molar-refractivity contribution in [3.05, 3.63) is 65.5 Å². The second-order valence-corrected chi connectivity index (χ2v) is 9.43. The molecule has 0 bridgehead atoms. The van der Waals surface area contributed by atoms with Crippen molar-refractivity contribution in [3.63, 3.8) is 0 Å². The minimum absolute atomic E-state index is 0.203. The SMILES string of the molecule is O=C(NCc1ccc(CCCCCCC2CCCCC2)cc1)[C@H](CO)NCc1ccccn1. The van der Waals surface area contributed by atoms with E-state index in [2.05, 4.69) is 39.9 Å². The average Bonchev–Trinajstić information content (AvgIpc) is 2.87. The number of unbranched alkanes of at least 4 members (excludes halogenated alkanes) is 3. The Bertz CT molecular complexity index is 789. The molecule has 1 aromatic carbocycles. The lowest BCUT2D eigenvalue weighted by molar-refractivity contribution is -0.124. The van der Waals surface area contributed by atoms with Gasteiger partial charge in [0, 0.05) is 19.3 Å². The van der Waals surface area contributed by atoms with Crippen LogP contribution >= 0.6 is 0 Å². The smallest absolute Gasteiger partial charge is 0.239 e. The molecule has 33 heavy (non-hydrogen) atoms. The lowest BCUT2D eigenvalue weighted by atomic mass is 9.85. The predicted molar refractivity (Wildman–Crippen MR) is 134 cm³/mol. The Hall–Kier alpha value is -2.24. The standard InChI is InChI=1S/C28H41N3O2/c32-22-27(30-21-26-14-8-9-19-29-26)28(33)31-20-25-17-15-24(16-18-25)13-5-2-1-4-10-23-11-6-3-7-12-23/h8-9,14-19,23,27,30,32H,1-7,10-13,20-22H2,(H,31,33)/t27-/m0/s1. The van der Waals surface area contributed by atoms with Crippen LogP contribution in [0.5, 0.6) is 0 Å². The molecule has 5 heteroatoms. The van der Waals surface area contributed by atoms with Crippen molar-refractivity contribution >= 4 is 5.91 Å². The number of hydrogen-bond acceptors (Lipinski definition) is 4. The fourth-order valence-corrected chi connectivity index (χ4v) is 4.70. The molecule has 180 valence electrons. The lowest BCUT2D eigenvalue weighted by Crippen LogP contribution is -2.46. The number of rotatable bonds is 14. The van der Waals surface area contributed by atoms with E-state index in [0.29, 0.717) is 13.1 Å². The number of benzene rings is 1. The molecular formula is C28H41N3O2. The summed E-state index contributed by atoms with van der Waals surface area (Å²) in [6.45, 7) is 0.648. The van der Waals surface area contributed by atoms with E-state index in [1.54, 1.807) is 6.20 Å². The van der Waals surface area contributed by atoms with E-state index < -0.39 is 6.04 Å². The Morgan fingerprint density at radius 2 is 1.70 bits per heavy atom. The maximum Gasteiger partial charge on any atom is 0.239 e. The summed E-state index contributed by atoms with van der Waals surface area (Å²) in [6, 6.07) is 13.5. The first-order chi connectivity index (χ1) is 16.2. The van der Waals surface area contributed by atoms with E-state index in [4.69, 9.17) is 0 Å². The van der Waals surface area contributed by atoms with Crippen LogP contribution in [-0.2, 0) is 24.3 Å². The number of carbonyl (C=O) groups is 1. The fraction of sp³-hybridized carbons (Fsp3) is 0.571. The summed E-state index contributed by atoms with van der Waals surface area (Å²) >= 11 is 0. The summed E-state index contributed by atoms with van der Waals surface area (Å²) in [6.07, 6.45) is 16.9. The van der Waals surface area contributed by atoms with Gasteiger partial charge >= 0.3 is 0 Å². The van der Waals surface area contributed by atoms with Crippen molar-refractivity contribution in [2.45, 2.75) is 89.8 Å². The van der Waals surface area contributed by atoms with Crippen LogP contribution in [0.2, 0.25) is 0 Å². The number of amides is 1. The van der Waals surface area contributed by atoms with Crippen LogP contribution in [0.25, 0.3) is 0 Å². The third-order valence-electron chi connectivity index (χ3n) is 6.80. The number of aromatic nitrogens is 1. The molecule has 1 heterocycles. The first-order valence-corrected chi connectivity index (χ1v) is 12.8. The Labute approximate surface area is 199 Å². The number of hydrogen-bond donors (Lipinski definition) is 3. The van der Waals surface area contributed by atoms with Gasteiger partial charge in [-0.05, 0) is 42.0 Å². The Balaban J connectivity index is 1.28. The summed E-state index contributed by atoms with van der Waals surface area (Å²) in [7, 11) is 0. The highest BCUT2D eigenvalue weighted by Crippen LogP contribution is 2.28. The number of nitrogens with zero attached hydrogens (tertiary/aromatic N) is 1.